The van der Waals surface area contributed by atoms with Crippen LogP contribution in [0.3, 0.4) is 0 Å². The SMILES string of the molecule is CC(C)C[SiH](c1ccccc1)c1ccccc1. The van der Waals surface area contributed by atoms with Gasteiger partial charge < -0.3 is 0 Å². The largest absolute Gasteiger partial charge is 0.103 e. The van der Waals surface area contributed by atoms with E-state index in [-0.39, 0.29) is 0 Å². The molecule has 2 aromatic rings. The van der Waals surface area contributed by atoms with Gasteiger partial charge in [0.15, 0.2) is 0 Å². The topological polar surface area (TPSA) is 0 Å². The van der Waals surface area contributed by atoms with Crippen molar-refractivity contribution in [2.75, 3.05) is 0 Å². The lowest BCUT2D eigenvalue weighted by atomic mass is 10.3. The van der Waals surface area contributed by atoms with E-state index in [2.05, 4.69) is 74.5 Å². The third kappa shape index (κ3) is 3.30. The molecular formula is C16H20Si. The summed E-state index contributed by atoms with van der Waals surface area (Å²) >= 11 is 0. The first-order chi connectivity index (χ1) is 8.27. The molecule has 0 fully saturated rings. The second kappa shape index (κ2) is 5.83. The molecule has 0 bridgehead atoms. The van der Waals surface area contributed by atoms with Gasteiger partial charge in [0.25, 0.3) is 0 Å². The first-order valence-corrected chi connectivity index (χ1v) is 8.34. The van der Waals surface area contributed by atoms with Gasteiger partial charge in [0.2, 0.25) is 0 Å². The highest BCUT2D eigenvalue weighted by molar-refractivity contribution is 6.85. The molecule has 1 heteroatoms. The predicted octanol–water partition coefficient (Wildman–Crippen LogP) is 2.68. The third-order valence-electron chi connectivity index (χ3n) is 3.11. The minimum Gasteiger partial charge on any atom is -0.0630 e. The van der Waals surface area contributed by atoms with Gasteiger partial charge >= 0.3 is 0 Å². The maximum Gasteiger partial charge on any atom is 0.103 e. The van der Waals surface area contributed by atoms with Crippen LogP contribution >= 0.6 is 0 Å². The molecule has 0 radical (unpaired) electrons. The van der Waals surface area contributed by atoms with Gasteiger partial charge in [-0.3, -0.25) is 0 Å². The van der Waals surface area contributed by atoms with E-state index in [4.69, 9.17) is 0 Å². The van der Waals surface area contributed by atoms with Crippen molar-refractivity contribution in [1.29, 1.82) is 0 Å². The summed E-state index contributed by atoms with van der Waals surface area (Å²) in [6.07, 6.45) is 0. The normalized spacial score (nSPS) is 11.1. The molecule has 0 atom stereocenters. The molecular weight excluding hydrogens is 220 g/mol. The van der Waals surface area contributed by atoms with E-state index < -0.39 is 8.80 Å². The summed E-state index contributed by atoms with van der Waals surface area (Å²) in [6, 6.07) is 23.4. The lowest BCUT2D eigenvalue weighted by Gasteiger charge is -2.18. The number of rotatable bonds is 4. The van der Waals surface area contributed by atoms with Crippen molar-refractivity contribution in [3.63, 3.8) is 0 Å². The quantitative estimate of drug-likeness (QED) is 0.721. The molecule has 0 aromatic heterocycles. The summed E-state index contributed by atoms with van der Waals surface area (Å²) in [5.74, 6) is 0.770. The number of hydrogen-bond acceptors (Lipinski definition) is 0. The van der Waals surface area contributed by atoms with Crippen LogP contribution < -0.4 is 10.4 Å². The van der Waals surface area contributed by atoms with Crippen LogP contribution in [0.15, 0.2) is 60.7 Å². The van der Waals surface area contributed by atoms with E-state index in [0.717, 1.165) is 5.92 Å². The Kier molecular flexibility index (Phi) is 4.16. The summed E-state index contributed by atoms with van der Waals surface area (Å²) in [5.41, 5.74) is 0. The van der Waals surface area contributed by atoms with Crippen LogP contribution in [0.2, 0.25) is 6.04 Å². The van der Waals surface area contributed by atoms with Crippen molar-refractivity contribution in [3.8, 4) is 0 Å². The van der Waals surface area contributed by atoms with Crippen molar-refractivity contribution in [2.45, 2.75) is 19.9 Å². The molecule has 0 aliphatic carbocycles. The van der Waals surface area contributed by atoms with Crippen molar-refractivity contribution < 1.29 is 0 Å². The predicted molar refractivity (Wildman–Crippen MR) is 78.9 cm³/mol. The van der Waals surface area contributed by atoms with E-state index in [1.54, 1.807) is 10.4 Å². The molecule has 17 heavy (non-hydrogen) atoms. The van der Waals surface area contributed by atoms with Crippen LogP contribution in [-0.2, 0) is 0 Å². The Morgan fingerprint density at radius 2 is 1.18 bits per heavy atom. The standard InChI is InChI=1S/C16H20Si/c1-14(2)13-17(15-9-5-3-6-10-15)16-11-7-4-8-12-16/h3-12,14,17H,13H2,1-2H3. The van der Waals surface area contributed by atoms with E-state index in [9.17, 15) is 0 Å². The van der Waals surface area contributed by atoms with Crippen LogP contribution in [0.5, 0.6) is 0 Å². The Morgan fingerprint density at radius 1 is 0.765 bits per heavy atom. The molecule has 0 spiro atoms. The van der Waals surface area contributed by atoms with E-state index in [1.165, 1.54) is 6.04 Å². The Balaban J connectivity index is 2.32. The van der Waals surface area contributed by atoms with Gasteiger partial charge in [0.05, 0.1) is 0 Å². The summed E-state index contributed by atoms with van der Waals surface area (Å²) in [4.78, 5) is 0. The van der Waals surface area contributed by atoms with Gasteiger partial charge in [-0.1, -0.05) is 84.9 Å². The fraction of sp³-hybridized carbons (Fsp3) is 0.250. The minimum atomic E-state index is -1.01. The molecule has 0 N–H and O–H groups in total. The summed E-state index contributed by atoms with van der Waals surface area (Å²) < 4.78 is 0. The fourth-order valence-corrected chi connectivity index (χ4v) is 5.55. The van der Waals surface area contributed by atoms with Crippen LogP contribution in [0.1, 0.15) is 13.8 Å². The van der Waals surface area contributed by atoms with E-state index in [1.807, 2.05) is 0 Å². The highest BCUT2D eigenvalue weighted by atomic mass is 28.3. The zero-order valence-electron chi connectivity index (χ0n) is 10.6. The maximum atomic E-state index is 2.33. The molecule has 0 saturated carbocycles. The summed E-state index contributed by atoms with van der Waals surface area (Å²) in [5, 5.41) is 3.12. The van der Waals surface area contributed by atoms with Crippen molar-refractivity contribution in [1.82, 2.24) is 0 Å². The van der Waals surface area contributed by atoms with Crippen molar-refractivity contribution in [3.05, 3.63) is 60.7 Å². The van der Waals surface area contributed by atoms with Crippen LogP contribution in [0.4, 0.5) is 0 Å². The van der Waals surface area contributed by atoms with Gasteiger partial charge in [-0.05, 0) is 12.0 Å². The van der Waals surface area contributed by atoms with Gasteiger partial charge in [-0.15, -0.1) is 0 Å². The minimum absolute atomic E-state index is 0.770. The van der Waals surface area contributed by atoms with E-state index in [0.29, 0.717) is 0 Å². The monoisotopic (exact) mass is 240 g/mol. The molecule has 88 valence electrons. The molecule has 0 aliphatic heterocycles. The Labute approximate surface area is 106 Å². The molecule has 0 nitrogen and oxygen atoms in total. The number of benzene rings is 2. The van der Waals surface area contributed by atoms with Gasteiger partial charge in [0.1, 0.15) is 8.80 Å². The zero-order valence-corrected chi connectivity index (χ0v) is 11.8. The lowest BCUT2D eigenvalue weighted by Crippen LogP contribution is -2.42. The second-order valence-electron chi connectivity index (χ2n) is 5.00. The van der Waals surface area contributed by atoms with Crippen LogP contribution in [-0.4, -0.2) is 8.80 Å². The van der Waals surface area contributed by atoms with Gasteiger partial charge in [-0.25, -0.2) is 0 Å². The Bertz CT molecular complexity index is 394. The first kappa shape index (κ1) is 12.1. The maximum absolute atomic E-state index is 2.33. The highest BCUT2D eigenvalue weighted by Crippen LogP contribution is 2.06. The van der Waals surface area contributed by atoms with Crippen LogP contribution in [0, 0.1) is 5.92 Å². The Morgan fingerprint density at radius 3 is 1.53 bits per heavy atom. The molecule has 0 aliphatic rings. The zero-order chi connectivity index (χ0) is 12.1. The fourth-order valence-electron chi connectivity index (χ4n) is 2.31. The second-order valence-corrected chi connectivity index (χ2v) is 7.91. The third-order valence-corrected chi connectivity index (χ3v) is 6.90. The van der Waals surface area contributed by atoms with Gasteiger partial charge in [-0.2, -0.15) is 0 Å². The first-order valence-electron chi connectivity index (χ1n) is 6.37. The lowest BCUT2D eigenvalue weighted by molar-refractivity contribution is 0.729. The molecule has 2 rings (SSSR count). The van der Waals surface area contributed by atoms with Crippen LogP contribution in [0.25, 0.3) is 0 Å². The molecule has 0 amide bonds. The van der Waals surface area contributed by atoms with Crippen molar-refractivity contribution in [2.24, 2.45) is 5.92 Å². The summed E-state index contributed by atoms with van der Waals surface area (Å²) in [7, 11) is -1.01. The average Bonchev–Trinajstić information content (AvgIpc) is 2.38. The molecule has 0 saturated heterocycles. The number of hydrogen-bond donors (Lipinski definition) is 0. The molecule has 0 unspecified atom stereocenters. The molecule has 0 heterocycles. The summed E-state index contributed by atoms with van der Waals surface area (Å²) in [6.45, 7) is 4.65. The average molecular weight is 240 g/mol. The molecule has 2 aromatic carbocycles. The Hall–Kier alpha value is -1.34. The van der Waals surface area contributed by atoms with E-state index >= 15 is 0 Å². The van der Waals surface area contributed by atoms with Crippen molar-refractivity contribution >= 4 is 19.2 Å². The highest BCUT2D eigenvalue weighted by Gasteiger charge is 2.16. The van der Waals surface area contributed by atoms with Gasteiger partial charge in [0, 0.05) is 0 Å². The smallest absolute Gasteiger partial charge is 0.0630 e.